The van der Waals surface area contributed by atoms with Crippen LogP contribution >= 0.6 is 0 Å². The van der Waals surface area contributed by atoms with Crippen molar-refractivity contribution < 1.29 is 9.47 Å². The van der Waals surface area contributed by atoms with Crippen LogP contribution in [0.5, 0.6) is 5.75 Å². The van der Waals surface area contributed by atoms with E-state index in [1.54, 1.807) is 0 Å². The van der Waals surface area contributed by atoms with E-state index in [1.807, 2.05) is 48.9 Å². The highest BCUT2D eigenvalue weighted by Crippen LogP contribution is 2.32. The predicted molar refractivity (Wildman–Crippen MR) is 144 cm³/mol. The summed E-state index contributed by atoms with van der Waals surface area (Å²) in [4.78, 5) is 21.6. The van der Waals surface area contributed by atoms with Crippen LogP contribution in [0.3, 0.4) is 0 Å². The van der Waals surface area contributed by atoms with E-state index in [1.165, 1.54) is 19.3 Å². The van der Waals surface area contributed by atoms with Gasteiger partial charge in [0.05, 0.1) is 26.1 Å². The van der Waals surface area contributed by atoms with Gasteiger partial charge in [0.15, 0.2) is 17.3 Å². The van der Waals surface area contributed by atoms with Crippen molar-refractivity contribution in [3.05, 3.63) is 55.0 Å². The summed E-state index contributed by atoms with van der Waals surface area (Å²) in [5, 5.41) is 3.45. The third-order valence-electron chi connectivity index (χ3n) is 7.14. The van der Waals surface area contributed by atoms with Crippen LogP contribution in [-0.4, -0.2) is 64.0 Å². The second kappa shape index (κ2) is 11.1. The van der Waals surface area contributed by atoms with Gasteiger partial charge in [-0.1, -0.05) is 37.5 Å². The lowest BCUT2D eigenvalue weighted by Crippen LogP contribution is -2.36. The van der Waals surface area contributed by atoms with Gasteiger partial charge in [-0.25, -0.2) is 19.9 Å². The van der Waals surface area contributed by atoms with Crippen molar-refractivity contribution in [2.24, 2.45) is 0 Å². The molecule has 2 fully saturated rings. The first kappa shape index (κ1) is 23.7. The van der Waals surface area contributed by atoms with Crippen LogP contribution in [0.15, 0.2) is 55.0 Å². The Hall–Kier alpha value is -3.72. The highest BCUT2D eigenvalue weighted by molar-refractivity contribution is 5.85. The predicted octanol–water partition coefficient (Wildman–Crippen LogP) is 4.72. The molecular formula is C28H33N7O2. The van der Waals surface area contributed by atoms with Crippen molar-refractivity contribution in [1.82, 2.24) is 24.5 Å². The van der Waals surface area contributed by atoms with E-state index in [4.69, 9.17) is 29.4 Å². The number of nitrogens with zero attached hydrogens (tertiary/aromatic N) is 6. The Kier molecular flexibility index (Phi) is 7.12. The Morgan fingerprint density at radius 3 is 2.57 bits per heavy atom. The van der Waals surface area contributed by atoms with Crippen molar-refractivity contribution >= 4 is 22.8 Å². The Balaban J connectivity index is 1.27. The Morgan fingerprint density at radius 1 is 0.946 bits per heavy atom. The molecule has 1 N–H and O–H groups in total. The van der Waals surface area contributed by atoms with Gasteiger partial charge in [-0.3, -0.25) is 0 Å². The first-order valence-electron chi connectivity index (χ1n) is 13.3. The van der Waals surface area contributed by atoms with E-state index >= 15 is 0 Å². The fourth-order valence-electron chi connectivity index (χ4n) is 5.15. The van der Waals surface area contributed by atoms with Gasteiger partial charge in [-0.05, 0) is 37.1 Å². The van der Waals surface area contributed by atoms with E-state index in [9.17, 15) is 0 Å². The topological polar surface area (TPSA) is 90.2 Å². The van der Waals surface area contributed by atoms with Crippen molar-refractivity contribution in [2.45, 2.75) is 38.1 Å². The molecule has 0 amide bonds. The monoisotopic (exact) mass is 499 g/mol. The number of fused-ring (bicyclic) bond motifs is 1. The standard InChI is InChI=1S/C28H33N7O2/c1-3-7-22(8-4-1)35-20-31-25-27(29-13-16-37-23-9-5-2-6-10-23)32-26(33-28(25)35)21-11-12-24(30-19-21)34-14-17-36-18-15-34/h2,5-6,9-12,19-20,22H,1,3-4,7-8,13-18H2,(H,29,32,33). The smallest absolute Gasteiger partial charge is 0.166 e. The average molecular weight is 500 g/mol. The van der Waals surface area contributed by atoms with Gasteiger partial charge >= 0.3 is 0 Å². The van der Waals surface area contributed by atoms with Gasteiger partial charge in [0.25, 0.3) is 0 Å². The molecule has 1 aliphatic carbocycles. The molecule has 37 heavy (non-hydrogen) atoms. The number of anilines is 2. The summed E-state index contributed by atoms with van der Waals surface area (Å²) in [5.74, 6) is 3.18. The molecule has 6 rings (SSSR count). The first-order chi connectivity index (χ1) is 18.3. The molecule has 9 nitrogen and oxygen atoms in total. The number of ether oxygens (including phenoxy) is 2. The van der Waals surface area contributed by atoms with E-state index in [0.717, 1.165) is 73.3 Å². The average Bonchev–Trinajstić information content (AvgIpc) is 3.41. The van der Waals surface area contributed by atoms with Crippen molar-refractivity contribution in [2.75, 3.05) is 49.7 Å². The van der Waals surface area contributed by atoms with Gasteiger partial charge in [-0.15, -0.1) is 0 Å². The molecule has 4 heterocycles. The summed E-state index contributed by atoms with van der Waals surface area (Å²) in [6.07, 6.45) is 9.93. The van der Waals surface area contributed by atoms with E-state index in [0.29, 0.717) is 25.0 Å². The second-order valence-corrected chi connectivity index (χ2v) is 9.60. The molecule has 2 aliphatic rings. The molecule has 3 aromatic heterocycles. The molecule has 1 aliphatic heterocycles. The molecule has 9 heteroatoms. The fraction of sp³-hybridized carbons (Fsp3) is 0.429. The van der Waals surface area contributed by atoms with Gasteiger partial charge < -0.3 is 24.3 Å². The minimum atomic E-state index is 0.428. The number of para-hydroxylation sites is 1. The van der Waals surface area contributed by atoms with Gasteiger partial charge in [0.2, 0.25) is 0 Å². The second-order valence-electron chi connectivity index (χ2n) is 9.60. The SMILES string of the molecule is c1ccc(OCCNc2nc(-c3ccc(N4CCOCC4)nc3)nc3c2ncn3C2CCCCC2)cc1. The number of aromatic nitrogens is 5. The zero-order valence-electron chi connectivity index (χ0n) is 21.1. The zero-order chi connectivity index (χ0) is 24.9. The third-order valence-corrected chi connectivity index (χ3v) is 7.14. The van der Waals surface area contributed by atoms with E-state index in [-0.39, 0.29) is 0 Å². The molecule has 0 atom stereocenters. The minimum absolute atomic E-state index is 0.428. The molecule has 0 spiro atoms. The third kappa shape index (κ3) is 5.36. The highest BCUT2D eigenvalue weighted by Gasteiger charge is 2.21. The number of rotatable bonds is 8. The Morgan fingerprint density at radius 2 is 1.78 bits per heavy atom. The normalized spacial score (nSPS) is 16.7. The maximum Gasteiger partial charge on any atom is 0.166 e. The summed E-state index contributed by atoms with van der Waals surface area (Å²) in [6, 6.07) is 14.4. The lowest BCUT2D eigenvalue weighted by molar-refractivity contribution is 0.122. The summed E-state index contributed by atoms with van der Waals surface area (Å²) in [7, 11) is 0. The van der Waals surface area contributed by atoms with Crippen LogP contribution in [0.25, 0.3) is 22.6 Å². The minimum Gasteiger partial charge on any atom is -0.492 e. The van der Waals surface area contributed by atoms with E-state index in [2.05, 4.69) is 20.9 Å². The van der Waals surface area contributed by atoms with Crippen LogP contribution in [0.2, 0.25) is 0 Å². The molecular weight excluding hydrogens is 466 g/mol. The summed E-state index contributed by atoms with van der Waals surface area (Å²) < 4.78 is 13.6. The van der Waals surface area contributed by atoms with Gasteiger partial charge in [0.1, 0.15) is 23.7 Å². The number of morpholine rings is 1. The molecule has 0 bridgehead atoms. The molecule has 0 radical (unpaired) electrons. The van der Waals surface area contributed by atoms with Crippen LogP contribution in [0, 0.1) is 0 Å². The summed E-state index contributed by atoms with van der Waals surface area (Å²) >= 11 is 0. The number of nitrogens with one attached hydrogen (secondary N) is 1. The van der Waals surface area contributed by atoms with Crippen LogP contribution in [0.4, 0.5) is 11.6 Å². The fourth-order valence-corrected chi connectivity index (χ4v) is 5.15. The maximum atomic E-state index is 5.87. The maximum absolute atomic E-state index is 5.87. The molecule has 1 saturated carbocycles. The van der Waals surface area contributed by atoms with Crippen LogP contribution in [-0.2, 0) is 4.74 Å². The Labute approximate surface area is 216 Å². The quantitative estimate of drug-likeness (QED) is 0.348. The number of hydrogen-bond donors (Lipinski definition) is 1. The molecule has 4 aromatic rings. The van der Waals surface area contributed by atoms with E-state index < -0.39 is 0 Å². The molecule has 1 saturated heterocycles. The largest absolute Gasteiger partial charge is 0.492 e. The lowest BCUT2D eigenvalue weighted by Gasteiger charge is -2.27. The highest BCUT2D eigenvalue weighted by atomic mass is 16.5. The number of benzene rings is 1. The molecule has 1 aromatic carbocycles. The number of imidazole rings is 1. The summed E-state index contributed by atoms with van der Waals surface area (Å²) in [6.45, 7) is 4.30. The number of pyridine rings is 1. The van der Waals surface area contributed by atoms with Crippen molar-refractivity contribution in [1.29, 1.82) is 0 Å². The zero-order valence-corrected chi connectivity index (χ0v) is 21.1. The van der Waals surface area contributed by atoms with Gasteiger partial charge in [0, 0.05) is 30.9 Å². The lowest BCUT2D eigenvalue weighted by atomic mass is 9.95. The molecule has 0 unspecified atom stereocenters. The van der Waals surface area contributed by atoms with Crippen LogP contribution in [0.1, 0.15) is 38.1 Å². The molecule has 192 valence electrons. The Bertz CT molecular complexity index is 1300. The van der Waals surface area contributed by atoms with Crippen LogP contribution < -0.4 is 15.0 Å². The summed E-state index contributed by atoms with van der Waals surface area (Å²) in [5.41, 5.74) is 2.56. The van der Waals surface area contributed by atoms with Crippen molar-refractivity contribution in [3.63, 3.8) is 0 Å². The first-order valence-corrected chi connectivity index (χ1v) is 13.3. The van der Waals surface area contributed by atoms with Crippen molar-refractivity contribution in [3.8, 4) is 17.1 Å². The number of hydrogen-bond acceptors (Lipinski definition) is 8. The van der Waals surface area contributed by atoms with Gasteiger partial charge in [-0.2, -0.15) is 0 Å².